The molecule has 0 radical (unpaired) electrons. The van der Waals surface area contributed by atoms with Crippen molar-refractivity contribution >= 4 is 11.6 Å². The molecule has 0 aliphatic carbocycles. The maximum absolute atomic E-state index is 11.0. The third kappa shape index (κ3) is 2.92. The van der Waals surface area contributed by atoms with Gasteiger partial charge >= 0.3 is 0 Å². The van der Waals surface area contributed by atoms with Crippen LogP contribution in [0.2, 0.25) is 0 Å². The van der Waals surface area contributed by atoms with E-state index in [4.69, 9.17) is 5.73 Å². The molecule has 0 fully saturated rings. The molecule has 1 aromatic carbocycles. The van der Waals surface area contributed by atoms with E-state index in [-0.39, 0.29) is 5.91 Å². The van der Waals surface area contributed by atoms with E-state index in [9.17, 15) is 4.79 Å². The van der Waals surface area contributed by atoms with Gasteiger partial charge in [-0.2, -0.15) is 5.10 Å². The molecule has 18 heavy (non-hydrogen) atoms. The second-order valence-electron chi connectivity index (χ2n) is 3.91. The van der Waals surface area contributed by atoms with E-state index in [1.165, 1.54) is 6.92 Å². The molecule has 2 aromatic rings. The average Bonchev–Trinajstić information content (AvgIpc) is 2.78. The minimum absolute atomic E-state index is 0.106. The van der Waals surface area contributed by atoms with Crippen molar-refractivity contribution in [3.8, 4) is 11.4 Å². The Morgan fingerprint density at radius 1 is 1.50 bits per heavy atom. The van der Waals surface area contributed by atoms with E-state index in [0.717, 1.165) is 17.1 Å². The third-order valence-electron chi connectivity index (χ3n) is 2.35. The molecule has 6 heteroatoms. The summed E-state index contributed by atoms with van der Waals surface area (Å²) in [5, 5.41) is 9.68. The number of hydrogen-bond donors (Lipinski definition) is 3. The van der Waals surface area contributed by atoms with Crippen LogP contribution in [0.15, 0.2) is 24.3 Å². The van der Waals surface area contributed by atoms with Crippen LogP contribution in [0.3, 0.4) is 0 Å². The molecule has 1 amide bonds. The van der Waals surface area contributed by atoms with E-state index in [0.29, 0.717) is 18.8 Å². The number of anilines is 1. The predicted octanol–water partition coefficient (Wildman–Crippen LogP) is 0.931. The summed E-state index contributed by atoms with van der Waals surface area (Å²) < 4.78 is 0. The molecule has 0 aliphatic heterocycles. The van der Waals surface area contributed by atoms with Crippen molar-refractivity contribution in [2.45, 2.75) is 13.3 Å². The van der Waals surface area contributed by atoms with Crippen molar-refractivity contribution in [2.24, 2.45) is 5.73 Å². The molecule has 1 aromatic heterocycles. The van der Waals surface area contributed by atoms with Crippen molar-refractivity contribution in [3.63, 3.8) is 0 Å². The van der Waals surface area contributed by atoms with Gasteiger partial charge in [0, 0.05) is 24.6 Å². The maximum Gasteiger partial charge on any atom is 0.221 e. The van der Waals surface area contributed by atoms with Crippen molar-refractivity contribution in [3.05, 3.63) is 30.1 Å². The van der Waals surface area contributed by atoms with Crippen molar-refractivity contribution < 1.29 is 4.79 Å². The van der Waals surface area contributed by atoms with Gasteiger partial charge in [-0.05, 0) is 18.7 Å². The number of nitrogens with two attached hydrogens (primary N) is 1. The zero-order chi connectivity index (χ0) is 13.0. The first-order valence-corrected chi connectivity index (χ1v) is 5.68. The quantitative estimate of drug-likeness (QED) is 0.746. The number of H-pyrrole nitrogens is 1. The highest BCUT2D eigenvalue weighted by Gasteiger charge is 2.06. The van der Waals surface area contributed by atoms with Gasteiger partial charge < -0.3 is 11.1 Å². The van der Waals surface area contributed by atoms with Gasteiger partial charge in [-0.15, -0.1) is 0 Å². The summed E-state index contributed by atoms with van der Waals surface area (Å²) in [4.78, 5) is 15.3. The zero-order valence-corrected chi connectivity index (χ0v) is 10.1. The van der Waals surface area contributed by atoms with Crippen LogP contribution < -0.4 is 11.1 Å². The first-order valence-electron chi connectivity index (χ1n) is 5.68. The Morgan fingerprint density at radius 3 is 3.06 bits per heavy atom. The molecule has 0 unspecified atom stereocenters. The fraction of sp³-hybridized carbons (Fsp3) is 0.250. The highest BCUT2D eigenvalue weighted by molar-refractivity contribution is 5.89. The Labute approximate surface area is 105 Å². The molecule has 1 heterocycles. The number of rotatable bonds is 4. The van der Waals surface area contributed by atoms with Crippen molar-refractivity contribution in [1.82, 2.24) is 15.2 Å². The van der Waals surface area contributed by atoms with Gasteiger partial charge in [0.15, 0.2) is 5.82 Å². The summed E-state index contributed by atoms with van der Waals surface area (Å²) in [5.41, 5.74) is 7.03. The standard InChI is InChI=1S/C12H15N5O/c1-8(18)14-10-4-2-3-9(7-10)12-15-11(5-6-13)16-17-12/h2-4,7H,5-6,13H2,1H3,(H,14,18)(H,15,16,17). The van der Waals surface area contributed by atoms with Crippen LogP contribution in [0, 0.1) is 0 Å². The number of carbonyl (C=O) groups is 1. The molecule has 94 valence electrons. The predicted molar refractivity (Wildman–Crippen MR) is 68.9 cm³/mol. The Morgan fingerprint density at radius 2 is 2.33 bits per heavy atom. The fourth-order valence-corrected chi connectivity index (χ4v) is 1.61. The number of benzene rings is 1. The molecule has 0 atom stereocenters. The highest BCUT2D eigenvalue weighted by atomic mass is 16.1. The Bertz CT molecular complexity index is 549. The molecule has 0 bridgehead atoms. The first kappa shape index (κ1) is 12.3. The van der Waals surface area contributed by atoms with Crippen LogP contribution in [0.25, 0.3) is 11.4 Å². The molecule has 0 saturated carbocycles. The summed E-state index contributed by atoms with van der Waals surface area (Å²) in [6.07, 6.45) is 0.665. The largest absolute Gasteiger partial charge is 0.330 e. The second-order valence-corrected chi connectivity index (χ2v) is 3.91. The van der Waals surface area contributed by atoms with E-state index in [1.807, 2.05) is 24.3 Å². The van der Waals surface area contributed by atoms with Gasteiger partial charge in [-0.3, -0.25) is 9.89 Å². The Hall–Kier alpha value is -2.21. The summed E-state index contributed by atoms with van der Waals surface area (Å²) in [7, 11) is 0. The van der Waals surface area contributed by atoms with Crippen LogP contribution in [-0.2, 0) is 11.2 Å². The van der Waals surface area contributed by atoms with Crippen LogP contribution >= 0.6 is 0 Å². The minimum atomic E-state index is -0.106. The lowest BCUT2D eigenvalue weighted by Crippen LogP contribution is -2.05. The van der Waals surface area contributed by atoms with Gasteiger partial charge in [0.25, 0.3) is 0 Å². The number of nitrogens with one attached hydrogen (secondary N) is 2. The topological polar surface area (TPSA) is 96.7 Å². The van der Waals surface area contributed by atoms with Crippen LogP contribution in [0.1, 0.15) is 12.7 Å². The molecular weight excluding hydrogens is 230 g/mol. The fourth-order valence-electron chi connectivity index (χ4n) is 1.61. The maximum atomic E-state index is 11.0. The van der Waals surface area contributed by atoms with Gasteiger partial charge in [-0.25, -0.2) is 4.98 Å². The second kappa shape index (κ2) is 5.42. The lowest BCUT2D eigenvalue weighted by atomic mass is 10.2. The molecule has 0 saturated heterocycles. The summed E-state index contributed by atoms with van der Waals surface area (Å²) in [5.74, 6) is 1.26. The third-order valence-corrected chi connectivity index (χ3v) is 2.35. The van der Waals surface area contributed by atoms with Crippen molar-refractivity contribution in [2.75, 3.05) is 11.9 Å². The van der Waals surface area contributed by atoms with E-state index in [2.05, 4.69) is 20.5 Å². The van der Waals surface area contributed by atoms with Crippen molar-refractivity contribution in [1.29, 1.82) is 0 Å². The summed E-state index contributed by atoms with van der Waals surface area (Å²) in [6.45, 7) is 2.00. The van der Waals surface area contributed by atoms with Gasteiger partial charge in [0.05, 0.1) is 0 Å². The van der Waals surface area contributed by atoms with Crippen LogP contribution in [-0.4, -0.2) is 27.6 Å². The van der Waals surface area contributed by atoms with E-state index in [1.54, 1.807) is 0 Å². The number of hydrogen-bond acceptors (Lipinski definition) is 4. The van der Waals surface area contributed by atoms with Gasteiger partial charge in [0.2, 0.25) is 5.91 Å². The minimum Gasteiger partial charge on any atom is -0.330 e. The zero-order valence-electron chi connectivity index (χ0n) is 10.1. The normalized spacial score (nSPS) is 10.3. The van der Waals surface area contributed by atoms with Crippen LogP contribution in [0.4, 0.5) is 5.69 Å². The van der Waals surface area contributed by atoms with Gasteiger partial charge in [0.1, 0.15) is 5.82 Å². The Balaban J connectivity index is 2.23. The number of aromatic nitrogens is 3. The average molecular weight is 245 g/mol. The number of amides is 1. The van der Waals surface area contributed by atoms with E-state index >= 15 is 0 Å². The molecule has 0 aliphatic rings. The Kier molecular flexibility index (Phi) is 3.69. The number of aromatic amines is 1. The smallest absolute Gasteiger partial charge is 0.221 e. The summed E-state index contributed by atoms with van der Waals surface area (Å²) in [6, 6.07) is 7.38. The van der Waals surface area contributed by atoms with Crippen LogP contribution in [0.5, 0.6) is 0 Å². The lowest BCUT2D eigenvalue weighted by Gasteiger charge is -2.02. The molecular formula is C12H15N5O. The molecule has 6 nitrogen and oxygen atoms in total. The first-order chi connectivity index (χ1) is 8.69. The van der Waals surface area contributed by atoms with Gasteiger partial charge in [-0.1, -0.05) is 12.1 Å². The van der Waals surface area contributed by atoms with E-state index < -0.39 is 0 Å². The monoisotopic (exact) mass is 245 g/mol. The molecule has 2 rings (SSSR count). The lowest BCUT2D eigenvalue weighted by molar-refractivity contribution is -0.114. The summed E-state index contributed by atoms with van der Waals surface area (Å²) >= 11 is 0. The highest BCUT2D eigenvalue weighted by Crippen LogP contribution is 2.19. The number of nitrogens with zero attached hydrogens (tertiary/aromatic N) is 2. The number of carbonyl (C=O) groups excluding carboxylic acids is 1. The molecule has 0 spiro atoms. The molecule has 4 N–H and O–H groups in total. The SMILES string of the molecule is CC(=O)Nc1cccc(-c2n[nH]c(CCN)n2)c1.